The third kappa shape index (κ3) is 3.27. The molecule has 0 atom stereocenters. The van der Waals surface area contributed by atoms with E-state index in [4.69, 9.17) is 21.4 Å². The van der Waals surface area contributed by atoms with Crippen molar-refractivity contribution in [2.45, 2.75) is 0 Å². The van der Waals surface area contributed by atoms with Crippen molar-refractivity contribution in [2.24, 2.45) is 0 Å². The van der Waals surface area contributed by atoms with Gasteiger partial charge in [-0.1, -0.05) is 11.6 Å². The second-order valence-corrected chi connectivity index (χ2v) is 5.98. The highest BCUT2D eigenvalue weighted by molar-refractivity contribution is 7.19. The zero-order valence-electron chi connectivity index (χ0n) is 11.2. The van der Waals surface area contributed by atoms with Crippen molar-refractivity contribution in [3.8, 4) is 11.5 Å². The van der Waals surface area contributed by atoms with Gasteiger partial charge in [0, 0.05) is 27.6 Å². The highest BCUT2D eigenvalue weighted by Gasteiger charge is 2.08. The van der Waals surface area contributed by atoms with Crippen LogP contribution in [0, 0.1) is 0 Å². The number of benzene rings is 1. The monoisotopic (exact) mass is 331 g/mol. The van der Waals surface area contributed by atoms with E-state index in [0.29, 0.717) is 16.5 Å². The Kier molecular flexibility index (Phi) is 4.09. The lowest BCUT2D eigenvalue weighted by Crippen LogP contribution is -1.85. The maximum absolute atomic E-state index is 10.6. The summed E-state index contributed by atoms with van der Waals surface area (Å²) in [5.41, 5.74) is 0. The summed E-state index contributed by atoms with van der Waals surface area (Å²) in [5.74, 6) is 0.298. The fourth-order valence-electron chi connectivity index (χ4n) is 1.90. The predicted molar refractivity (Wildman–Crippen MR) is 87.8 cm³/mol. The van der Waals surface area contributed by atoms with Crippen LogP contribution in [0.25, 0.3) is 16.2 Å². The van der Waals surface area contributed by atoms with Crippen molar-refractivity contribution in [3.63, 3.8) is 0 Å². The van der Waals surface area contributed by atoms with Gasteiger partial charge in [0.05, 0.1) is 10.9 Å². The Bertz CT molecular complexity index is 855. The number of ether oxygens (including phenoxy) is 1. The van der Waals surface area contributed by atoms with Crippen LogP contribution >= 0.6 is 22.9 Å². The van der Waals surface area contributed by atoms with Crippen molar-refractivity contribution < 1.29 is 14.6 Å². The molecule has 3 rings (SSSR count). The third-order valence-electron chi connectivity index (χ3n) is 2.86. The molecule has 1 N–H and O–H groups in total. The second-order valence-electron chi connectivity index (χ2n) is 4.43. The molecular weight excluding hydrogens is 322 g/mol. The number of carboxylic acid groups (broad SMARTS) is 1. The van der Waals surface area contributed by atoms with Crippen LogP contribution in [0.1, 0.15) is 4.88 Å². The largest absolute Gasteiger partial charge is 0.478 e. The van der Waals surface area contributed by atoms with Gasteiger partial charge in [0.15, 0.2) is 5.75 Å². The number of carbonyl (C=O) groups is 1. The van der Waals surface area contributed by atoms with Crippen LogP contribution in [0.15, 0.2) is 48.8 Å². The molecule has 0 aliphatic carbocycles. The van der Waals surface area contributed by atoms with Gasteiger partial charge in [-0.25, -0.2) is 4.79 Å². The van der Waals surface area contributed by atoms with Gasteiger partial charge in [0.25, 0.3) is 0 Å². The number of fused-ring (bicyclic) bond motifs is 1. The van der Waals surface area contributed by atoms with E-state index in [2.05, 4.69) is 4.98 Å². The fourth-order valence-corrected chi connectivity index (χ4v) is 2.98. The van der Waals surface area contributed by atoms with Crippen LogP contribution in [-0.2, 0) is 4.79 Å². The molecule has 0 spiro atoms. The molecule has 0 fully saturated rings. The minimum absolute atomic E-state index is 0.617. The molecule has 6 heteroatoms. The molecular formula is C16H10ClNO3S. The van der Waals surface area contributed by atoms with Crippen molar-refractivity contribution in [3.05, 3.63) is 58.7 Å². The Balaban J connectivity index is 1.95. The minimum Gasteiger partial charge on any atom is -0.478 e. The molecule has 0 radical (unpaired) electrons. The van der Waals surface area contributed by atoms with Crippen LogP contribution in [0.4, 0.5) is 0 Å². The van der Waals surface area contributed by atoms with Crippen molar-refractivity contribution in [2.75, 3.05) is 0 Å². The topological polar surface area (TPSA) is 59.4 Å². The molecule has 0 unspecified atom stereocenters. The highest BCUT2D eigenvalue weighted by atomic mass is 35.5. The number of nitrogens with zero attached hydrogens (tertiary/aromatic N) is 1. The number of pyridine rings is 1. The number of thiophene rings is 1. The Morgan fingerprint density at radius 1 is 1.27 bits per heavy atom. The molecule has 3 aromatic rings. The van der Waals surface area contributed by atoms with E-state index in [0.717, 1.165) is 21.0 Å². The first-order valence-electron chi connectivity index (χ1n) is 6.34. The van der Waals surface area contributed by atoms with Gasteiger partial charge in [-0.05, 0) is 36.4 Å². The summed E-state index contributed by atoms with van der Waals surface area (Å²) < 4.78 is 6.76. The standard InChI is InChI=1S/C16H10ClNO3S/c17-10-1-3-11(4-2-10)21-14-8-18-9-15-13(14)7-12(22-15)5-6-16(19)20/h1-9H,(H,19,20)/b6-5+. The summed E-state index contributed by atoms with van der Waals surface area (Å²) in [7, 11) is 0. The molecule has 2 aromatic heterocycles. The average Bonchev–Trinajstić information content (AvgIpc) is 2.92. The van der Waals surface area contributed by atoms with Gasteiger partial charge in [-0.2, -0.15) is 0 Å². The van der Waals surface area contributed by atoms with Crippen LogP contribution in [-0.4, -0.2) is 16.1 Å². The fraction of sp³-hybridized carbons (Fsp3) is 0. The van der Waals surface area contributed by atoms with Gasteiger partial charge in [-0.3, -0.25) is 4.98 Å². The molecule has 4 nitrogen and oxygen atoms in total. The predicted octanol–water partition coefficient (Wildman–Crippen LogP) is 4.84. The average molecular weight is 332 g/mol. The van der Waals surface area contributed by atoms with Crippen molar-refractivity contribution in [1.82, 2.24) is 4.98 Å². The third-order valence-corrected chi connectivity index (χ3v) is 4.15. The molecule has 0 aliphatic heterocycles. The van der Waals surface area contributed by atoms with Crippen LogP contribution in [0.3, 0.4) is 0 Å². The number of aromatic nitrogens is 1. The van der Waals surface area contributed by atoms with Crippen molar-refractivity contribution in [1.29, 1.82) is 0 Å². The number of hydrogen-bond donors (Lipinski definition) is 1. The van der Waals surface area contributed by atoms with E-state index in [9.17, 15) is 4.79 Å². The highest BCUT2D eigenvalue weighted by Crippen LogP contribution is 2.35. The lowest BCUT2D eigenvalue weighted by atomic mass is 10.2. The van der Waals surface area contributed by atoms with Crippen LogP contribution < -0.4 is 4.74 Å². The normalized spacial score (nSPS) is 11.1. The van der Waals surface area contributed by atoms with Gasteiger partial charge in [-0.15, -0.1) is 11.3 Å². The van der Waals surface area contributed by atoms with E-state index in [1.807, 2.05) is 6.07 Å². The maximum atomic E-state index is 10.6. The summed E-state index contributed by atoms with van der Waals surface area (Å²) >= 11 is 7.30. The lowest BCUT2D eigenvalue weighted by molar-refractivity contribution is -0.131. The van der Waals surface area contributed by atoms with E-state index < -0.39 is 5.97 Å². The molecule has 2 heterocycles. The maximum Gasteiger partial charge on any atom is 0.328 e. The molecule has 0 amide bonds. The first-order chi connectivity index (χ1) is 10.6. The Hall–Kier alpha value is -2.37. The quantitative estimate of drug-likeness (QED) is 0.695. The summed E-state index contributed by atoms with van der Waals surface area (Å²) in [5, 5.41) is 10.2. The SMILES string of the molecule is O=C(O)/C=C/c1cc2c(Oc3ccc(Cl)cc3)cncc2s1. The molecule has 0 bridgehead atoms. The first-order valence-corrected chi connectivity index (χ1v) is 7.53. The van der Waals surface area contributed by atoms with Crippen LogP contribution in [0.5, 0.6) is 11.5 Å². The smallest absolute Gasteiger partial charge is 0.328 e. The number of carboxylic acids is 1. The molecule has 0 saturated carbocycles. The molecule has 0 saturated heterocycles. The zero-order valence-corrected chi connectivity index (χ0v) is 12.8. The zero-order chi connectivity index (χ0) is 15.5. The van der Waals surface area contributed by atoms with Gasteiger partial charge in [0.1, 0.15) is 5.75 Å². The summed E-state index contributed by atoms with van der Waals surface area (Å²) in [6, 6.07) is 8.93. The Morgan fingerprint density at radius 3 is 2.77 bits per heavy atom. The first kappa shape index (κ1) is 14.6. The van der Waals surface area contributed by atoms with E-state index in [1.165, 1.54) is 11.3 Å². The lowest BCUT2D eigenvalue weighted by Gasteiger charge is -2.06. The summed E-state index contributed by atoms with van der Waals surface area (Å²) in [6.45, 7) is 0. The number of hydrogen-bond acceptors (Lipinski definition) is 4. The summed E-state index contributed by atoms with van der Waals surface area (Å²) in [6.07, 6.45) is 6.03. The number of rotatable bonds is 4. The van der Waals surface area contributed by atoms with Crippen LogP contribution in [0.2, 0.25) is 5.02 Å². The number of halogens is 1. The van der Waals surface area contributed by atoms with E-state index in [1.54, 1.807) is 42.7 Å². The Labute approximate surface area is 135 Å². The Morgan fingerprint density at radius 2 is 2.05 bits per heavy atom. The molecule has 0 aliphatic rings. The number of aliphatic carboxylic acids is 1. The van der Waals surface area contributed by atoms with Crippen molar-refractivity contribution >= 4 is 45.1 Å². The van der Waals surface area contributed by atoms with Gasteiger partial charge < -0.3 is 9.84 Å². The van der Waals surface area contributed by atoms with Gasteiger partial charge >= 0.3 is 5.97 Å². The van der Waals surface area contributed by atoms with E-state index in [-0.39, 0.29) is 0 Å². The minimum atomic E-state index is -0.979. The second kappa shape index (κ2) is 6.17. The molecule has 110 valence electrons. The van der Waals surface area contributed by atoms with E-state index >= 15 is 0 Å². The molecule has 22 heavy (non-hydrogen) atoms. The van der Waals surface area contributed by atoms with Gasteiger partial charge in [0.2, 0.25) is 0 Å². The summed E-state index contributed by atoms with van der Waals surface area (Å²) in [4.78, 5) is 15.6. The molecule has 1 aromatic carbocycles.